The number of benzene rings is 3. The molecule has 6 heteroatoms. The van der Waals surface area contributed by atoms with Crippen molar-refractivity contribution in [3.63, 3.8) is 0 Å². The summed E-state index contributed by atoms with van der Waals surface area (Å²) >= 11 is 0. The van der Waals surface area contributed by atoms with E-state index < -0.39 is 11.2 Å². The Kier molecular flexibility index (Phi) is 7.13. The number of carbonyl (C=O) groups excluding carboxylic acids is 1. The zero-order valence-electron chi connectivity index (χ0n) is 23.4. The first-order chi connectivity index (χ1) is 19.3. The normalized spacial score (nSPS) is 21.0. The Morgan fingerprint density at radius 2 is 1.88 bits per heavy atom. The van der Waals surface area contributed by atoms with Crippen molar-refractivity contribution in [2.24, 2.45) is 5.92 Å². The molecule has 2 heterocycles. The lowest BCUT2D eigenvalue weighted by Gasteiger charge is -2.47. The van der Waals surface area contributed by atoms with E-state index in [0.717, 1.165) is 47.8 Å². The van der Waals surface area contributed by atoms with Gasteiger partial charge in [0.05, 0.1) is 5.60 Å². The number of aryl methyl sites for hydroxylation is 2. The lowest BCUT2D eigenvalue weighted by Crippen LogP contribution is -2.54. The average molecular weight is 540 g/mol. The third-order valence-electron chi connectivity index (χ3n) is 9.23. The zero-order chi connectivity index (χ0) is 27.9. The molecule has 40 heavy (non-hydrogen) atoms. The van der Waals surface area contributed by atoms with Gasteiger partial charge in [0.25, 0.3) is 0 Å². The van der Waals surface area contributed by atoms with Gasteiger partial charge in [-0.05, 0) is 79.6 Å². The second-order valence-electron chi connectivity index (χ2n) is 11.7. The first kappa shape index (κ1) is 26.6. The van der Waals surface area contributed by atoms with Gasteiger partial charge in [-0.3, -0.25) is 4.79 Å². The van der Waals surface area contributed by atoms with Crippen LogP contribution in [0.4, 0.5) is 0 Å². The number of hydrogen-bond donors (Lipinski definition) is 1. The molecule has 0 unspecified atom stereocenters. The molecule has 1 saturated carbocycles. The molecule has 6 rings (SSSR count). The van der Waals surface area contributed by atoms with Crippen molar-refractivity contribution in [1.82, 2.24) is 4.90 Å². The summed E-state index contributed by atoms with van der Waals surface area (Å²) in [5.41, 5.74) is 2.78. The Labute approximate surface area is 234 Å². The average Bonchev–Trinajstić information content (AvgIpc) is 2.96. The molecule has 2 aliphatic rings. The van der Waals surface area contributed by atoms with Gasteiger partial charge < -0.3 is 19.2 Å². The highest BCUT2D eigenvalue weighted by molar-refractivity contribution is 5.86. The molecule has 0 spiro atoms. The van der Waals surface area contributed by atoms with Gasteiger partial charge in [0.1, 0.15) is 17.9 Å². The molecule has 1 N–H and O–H groups in total. The molecule has 1 aromatic heterocycles. The molecule has 1 amide bonds. The molecule has 0 radical (unpaired) electrons. The fourth-order valence-corrected chi connectivity index (χ4v) is 6.69. The number of piperidine rings is 1. The number of amides is 1. The second-order valence-corrected chi connectivity index (χ2v) is 11.7. The third-order valence-corrected chi connectivity index (χ3v) is 9.23. The lowest BCUT2D eigenvalue weighted by atomic mass is 9.71. The first-order valence-electron chi connectivity index (χ1n) is 14.5. The van der Waals surface area contributed by atoms with Crippen LogP contribution in [0.1, 0.15) is 60.8 Å². The van der Waals surface area contributed by atoms with Gasteiger partial charge in [0.15, 0.2) is 0 Å². The van der Waals surface area contributed by atoms with Crippen molar-refractivity contribution in [3.05, 3.63) is 87.3 Å². The molecular formula is C34H37NO5. The number of hydrogen-bond acceptors (Lipinski definition) is 5. The standard InChI is InChI=1S/C34H37NO5/c1-22-28-12-14-30(39-21-24-10-11-25-7-3-4-8-26(25)19-24)23(2)32(28)40-33(37)29(22)13-15-31(36)35-18-17-34(38)16-6-5-9-27(34)20-35/h3-4,7-8,10-12,14,19,27,38H,5-6,9,13,15-18,20-21H2,1-2H3/t27-,34+/m1/s1. The molecule has 0 bridgehead atoms. The van der Waals surface area contributed by atoms with Crippen LogP contribution in [0, 0.1) is 19.8 Å². The van der Waals surface area contributed by atoms with Crippen molar-refractivity contribution in [1.29, 1.82) is 0 Å². The van der Waals surface area contributed by atoms with E-state index in [1.807, 2.05) is 43.0 Å². The van der Waals surface area contributed by atoms with Crippen LogP contribution in [-0.4, -0.2) is 34.6 Å². The monoisotopic (exact) mass is 539 g/mol. The Hall–Kier alpha value is -3.64. The number of fused-ring (bicyclic) bond motifs is 3. The van der Waals surface area contributed by atoms with Crippen LogP contribution >= 0.6 is 0 Å². The Bertz CT molecular complexity index is 1640. The van der Waals surface area contributed by atoms with Crippen molar-refractivity contribution in [2.45, 2.75) is 71.0 Å². The molecule has 2 atom stereocenters. The number of rotatable bonds is 6. The number of nitrogens with zero attached hydrogens (tertiary/aromatic N) is 1. The summed E-state index contributed by atoms with van der Waals surface area (Å²) in [5, 5.41) is 14.2. The van der Waals surface area contributed by atoms with Crippen LogP contribution in [0.15, 0.2) is 63.8 Å². The van der Waals surface area contributed by atoms with Crippen molar-refractivity contribution < 1.29 is 19.1 Å². The second kappa shape index (κ2) is 10.7. The van der Waals surface area contributed by atoms with Crippen LogP contribution < -0.4 is 10.4 Å². The number of carbonyl (C=O) groups is 1. The highest BCUT2D eigenvalue weighted by atomic mass is 16.5. The lowest BCUT2D eigenvalue weighted by molar-refractivity contribution is -0.143. The first-order valence-corrected chi connectivity index (χ1v) is 14.5. The molecule has 4 aromatic rings. The minimum Gasteiger partial charge on any atom is -0.488 e. The predicted octanol–water partition coefficient (Wildman–Crippen LogP) is 6.23. The molecule has 6 nitrogen and oxygen atoms in total. The van der Waals surface area contributed by atoms with E-state index in [1.54, 1.807) is 0 Å². The minimum atomic E-state index is -0.610. The Morgan fingerprint density at radius 3 is 2.73 bits per heavy atom. The van der Waals surface area contributed by atoms with E-state index in [4.69, 9.17) is 9.15 Å². The van der Waals surface area contributed by atoms with Gasteiger partial charge in [-0.1, -0.05) is 49.2 Å². The fraction of sp³-hybridized carbons (Fsp3) is 0.412. The van der Waals surface area contributed by atoms with E-state index in [0.29, 0.717) is 49.4 Å². The molecule has 1 aliphatic heterocycles. The maximum atomic E-state index is 13.1. The largest absolute Gasteiger partial charge is 0.488 e. The SMILES string of the molecule is Cc1c(CCC(=O)N2CC[C@@]3(O)CCCC[C@@H]3C2)c(=O)oc2c(C)c(OCc3ccc4ccccc4c3)ccc12. The maximum Gasteiger partial charge on any atom is 0.339 e. The molecule has 2 fully saturated rings. The van der Waals surface area contributed by atoms with Crippen LogP contribution in [0.2, 0.25) is 0 Å². The van der Waals surface area contributed by atoms with Crippen LogP contribution in [0.5, 0.6) is 5.75 Å². The van der Waals surface area contributed by atoms with E-state index in [-0.39, 0.29) is 18.2 Å². The summed E-state index contributed by atoms with van der Waals surface area (Å²) in [6, 6.07) is 18.4. The number of likely N-dealkylation sites (tertiary alicyclic amines) is 1. The highest BCUT2D eigenvalue weighted by Gasteiger charge is 2.43. The van der Waals surface area contributed by atoms with Crippen molar-refractivity contribution >= 4 is 27.6 Å². The maximum absolute atomic E-state index is 13.1. The summed E-state index contributed by atoms with van der Waals surface area (Å²) in [7, 11) is 0. The van der Waals surface area contributed by atoms with Crippen molar-refractivity contribution in [2.75, 3.05) is 13.1 Å². The number of aliphatic hydroxyl groups is 1. The van der Waals surface area contributed by atoms with Crippen LogP contribution in [0.25, 0.3) is 21.7 Å². The summed E-state index contributed by atoms with van der Waals surface area (Å²) in [6.07, 6.45) is 5.23. The van der Waals surface area contributed by atoms with Gasteiger partial charge in [-0.2, -0.15) is 0 Å². The van der Waals surface area contributed by atoms with Gasteiger partial charge in [-0.25, -0.2) is 4.79 Å². The van der Waals surface area contributed by atoms with Gasteiger partial charge in [-0.15, -0.1) is 0 Å². The molecule has 208 valence electrons. The summed E-state index contributed by atoms with van der Waals surface area (Å²) in [6.45, 7) is 5.44. The predicted molar refractivity (Wildman–Crippen MR) is 157 cm³/mol. The van der Waals surface area contributed by atoms with Gasteiger partial charge >= 0.3 is 5.63 Å². The topological polar surface area (TPSA) is 80.0 Å². The Balaban J connectivity index is 1.15. The molecule has 3 aromatic carbocycles. The molecule has 1 aliphatic carbocycles. The van der Waals surface area contributed by atoms with E-state index in [1.165, 1.54) is 10.8 Å². The van der Waals surface area contributed by atoms with Gasteiger partial charge in [0.2, 0.25) is 5.91 Å². The number of ether oxygens (including phenoxy) is 1. The summed E-state index contributed by atoms with van der Waals surface area (Å²) in [5.74, 6) is 0.881. The quantitative estimate of drug-likeness (QED) is 0.294. The van der Waals surface area contributed by atoms with Crippen LogP contribution in [-0.2, 0) is 17.8 Å². The zero-order valence-corrected chi connectivity index (χ0v) is 23.4. The van der Waals surface area contributed by atoms with E-state index in [9.17, 15) is 14.7 Å². The minimum absolute atomic E-state index is 0.0418. The van der Waals surface area contributed by atoms with Crippen molar-refractivity contribution in [3.8, 4) is 5.75 Å². The summed E-state index contributed by atoms with van der Waals surface area (Å²) in [4.78, 5) is 28.0. The summed E-state index contributed by atoms with van der Waals surface area (Å²) < 4.78 is 12.0. The molecule has 1 saturated heterocycles. The van der Waals surface area contributed by atoms with Crippen LogP contribution in [0.3, 0.4) is 0 Å². The molecular weight excluding hydrogens is 502 g/mol. The third kappa shape index (κ3) is 5.01. The fourth-order valence-electron chi connectivity index (χ4n) is 6.69. The van der Waals surface area contributed by atoms with Gasteiger partial charge in [0, 0.05) is 41.9 Å². The highest BCUT2D eigenvalue weighted by Crippen LogP contribution is 2.40. The smallest absolute Gasteiger partial charge is 0.339 e. The van der Waals surface area contributed by atoms with E-state index >= 15 is 0 Å². The Morgan fingerprint density at radius 1 is 1.05 bits per heavy atom. The van der Waals surface area contributed by atoms with E-state index in [2.05, 4.69) is 30.3 Å².